The highest BCUT2D eigenvalue weighted by atomic mass is 35.5. The molecule has 0 unspecified atom stereocenters. The zero-order chi connectivity index (χ0) is 42.7. The van der Waals surface area contributed by atoms with Crippen LogP contribution in [-0.2, 0) is 29.1 Å². The van der Waals surface area contributed by atoms with E-state index < -0.39 is 68.2 Å². The number of sulfonamides is 1. The Morgan fingerprint density at radius 1 is 1.18 bits per heavy atom. The van der Waals surface area contributed by atoms with Crippen molar-refractivity contribution in [3.8, 4) is 22.2 Å². The van der Waals surface area contributed by atoms with Gasteiger partial charge >= 0.3 is 0 Å². The first-order valence-electron chi connectivity index (χ1n) is 20.8. The van der Waals surface area contributed by atoms with Gasteiger partial charge in [-0.15, -0.1) is 17.9 Å². The molecule has 2 aliphatic carbocycles. The number of aromatic nitrogens is 2. The van der Waals surface area contributed by atoms with E-state index in [-0.39, 0.29) is 24.7 Å². The standard InChI is InChI=1S/C42H54ClN7O8S2/c1-7-24-20-42(24,40(53)48-60(54,55)25-8-9-25)47-37(51)29-19-33(30-21-44-36(41(4,5)6)39(52)50(29)30)58-32-18-27(38-46-28(22-59-38)23(2)3)45-35-26(32)10-11-31(34(35)43)57-17-14-49-12-15-56-16-13-49/h7,10-11,18,22-25,29-30,33,36,44H,1,8-9,12-17,19-21H2,2-6H3,(H,47,51)(H,48,53)/t24-,29+,30-,33-,36+,42-/m1/s1. The van der Waals surface area contributed by atoms with Crippen LogP contribution < -0.4 is 24.8 Å². The van der Waals surface area contributed by atoms with Gasteiger partial charge in [0, 0.05) is 55.4 Å². The van der Waals surface area contributed by atoms with Crippen molar-refractivity contribution in [2.75, 3.05) is 46.0 Å². The number of benzene rings is 1. The van der Waals surface area contributed by atoms with Crippen LogP contribution >= 0.6 is 22.9 Å². The quantitative estimate of drug-likeness (QED) is 0.196. The third kappa shape index (κ3) is 8.37. The van der Waals surface area contributed by atoms with Gasteiger partial charge in [-0.3, -0.25) is 24.0 Å². The van der Waals surface area contributed by atoms with E-state index in [1.54, 1.807) is 17.0 Å². The maximum absolute atomic E-state index is 14.5. The number of nitrogens with zero attached hydrogens (tertiary/aromatic N) is 4. The molecule has 0 spiro atoms. The highest BCUT2D eigenvalue weighted by molar-refractivity contribution is 7.91. The molecule has 3 amide bonds. The number of pyridine rings is 1. The second kappa shape index (κ2) is 16.4. The molecule has 0 bridgehead atoms. The van der Waals surface area contributed by atoms with Gasteiger partial charge in [-0.25, -0.2) is 18.4 Å². The first-order chi connectivity index (χ1) is 28.5. The predicted molar refractivity (Wildman–Crippen MR) is 229 cm³/mol. The number of fused-ring (bicyclic) bond motifs is 2. The fourth-order valence-electron chi connectivity index (χ4n) is 8.45. The van der Waals surface area contributed by atoms with Crippen molar-refractivity contribution in [1.82, 2.24) is 35.1 Å². The number of thiazole rings is 1. The van der Waals surface area contributed by atoms with Crippen molar-refractivity contribution in [3.63, 3.8) is 0 Å². The minimum atomic E-state index is -3.88. The molecule has 3 saturated heterocycles. The third-order valence-corrected chi connectivity index (χ3v) is 15.3. The maximum atomic E-state index is 14.5. The molecule has 3 N–H and O–H groups in total. The van der Waals surface area contributed by atoms with E-state index in [2.05, 4.69) is 40.7 Å². The lowest BCUT2D eigenvalue weighted by Crippen LogP contribution is -2.67. The molecular formula is C42H54ClN7O8S2. The number of carbonyl (C=O) groups is 3. The Bertz CT molecular complexity index is 2290. The van der Waals surface area contributed by atoms with E-state index in [1.807, 2.05) is 38.3 Å². The van der Waals surface area contributed by atoms with Gasteiger partial charge in [-0.05, 0) is 42.7 Å². The predicted octanol–water partition coefficient (Wildman–Crippen LogP) is 4.25. The van der Waals surface area contributed by atoms with Crippen LogP contribution in [0.3, 0.4) is 0 Å². The van der Waals surface area contributed by atoms with Crippen molar-refractivity contribution in [3.05, 3.63) is 47.0 Å². The summed E-state index contributed by atoms with van der Waals surface area (Å²) in [5.74, 6) is -0.978. The van der Waals surface area contributed by atoms with E-state index >= 15 is 0 Å². The van der Waals surface area contributed by atoms with Crippen LogP contribution in [0, 0.1) is 11.3 Å². The van der Waals surface area contributed by atoms with Gasteiger partial charge in [0.15, 0.2) is 0 Å². The number of hydrogen-bond donors (Lipinski definition) is 3. The van der Waals surface area contributed by atoms with Crippen LogP contribution in [0.4, 0.5) is 0 Å². The lowest BCUT2D eigenvalue weighted by Gasteiger charge is -2.43. The average Bonchev–Trinajstić information content (AvgIpc) is 4.10. The summed E-state index contributed by atoms with van der Waals surface area (Å²) in [6, 6.07) is 3.29. The summed E-state index contributed by atoms with van der Waals surface area (Å²) in [6.07, 6.45) is 2.10. The van der Waals surface area contributed by atoms with Crippen LogP contribution in [0.2, 0.25) is 5.02 Å². The topological polar surface area (TPSA) is 181 Å². The van der Waals surface area contributed by atoms with E-state index in [9.17, 15) is 22.8 Å². The monoisotopic (exact) mass is 883 g/mol. The Labute approximate surface area is 360 Å². The lowest BCUT2D eigenvalue weighted by molar-refractivity contribution is -0.148. The number of piperazine rings is 1. The fourth-order valence-corrected chi connectivity index (χ4v) is 11.0. The van der Waals surface area contributed by atoms with Gasteiger partial charge in [-0.1, -0.05) is 52.3 Å². The summed E-state index contributed by atoms with van der Waals surface area (Å²) < 4.78 is 46.4. The Morgan fingerprint density at radius 3 is 2.58 bits per heavy atom. The Kier molecular flexibility index (Phi) is 11.7. The average molecular weight is 885 g/mol. The zero-order valence-corrected chi connectivity index (χ0v) is 37.1. The van der Waals surface area contributed by atoms with Gasteiger partial charge < -0.3 is 29.7 Å². The van der Waals surface area contributed by atoms with Gasteiger partial charge in [-0.2, -0.15) is 0 Å². The summed E-state index contributed by atoms with van der Waals surface area (Å²) in [7, 11) is -3.88. The lowest BCUT2D eigenvalue weighted by atomic mass is 9.84. The van der Waals surface area contributed by atoms with Gasteiger partial charge in [0.25, 0.3) is 5.91 Å². The number of rotatable bonds is 14. The Morgan fingerprint density at radius 2 is 1.93 bits per heavy atom. The Balaban J connectivity index is 1.11. The van der Waals surface area contributed by atoms with Crippen molar-refractivity contribution < 1.29 is 37.0 Å². The molecule has 3 aromatic rings. The van der Waals surface area contributed by atoms with Crippen molar-refractivity contribution in [2.24, 2.45) is 11.3 Å². The molecule has 3 aliphatic heterocycles. The maximum Gasteiger partial charge on any atom is 0.259 e. The van der Waals surface area contributed by atoms with Gasteiger partial charge in [0.2, 0.25) is 21.8 Å². The minimum absolute atomic E-state index is 0.0992. The molecule has 2 saturated carbocycles. The van der Waals surface area contributed by atoms with Crippen molar-refractivity contribution in [2.45, 2.75) is 101 Å². The molecule has 2 aromatic heterocycles. The van der Waals surface area contributed by atoms with Crippen molar-refractivity contribution in [1.29, 1.82) is 0 Å². The number of morpholine rings is 1. The zero-order valence-electron chi connectivity index (χ0n) is 34.7. The van der Waals surface area contributed by atoms with E-state index in [0.29, 0.717) is 83.9 Å². The van der Waals surface area contributed by atoms with Crippen LogP contribution in [0.15, 0.2) is 36.2 Å². The number of hydrogen-bond acceptors (Lipinski definition) is 13. The molecule has 5 fully saturated rings. The highest BCUT2D eigenvalue weighted by Gasteiger charge is 2.63. The first kappa shape index (κ1) is 42.8. The number of halogens is 1. The summed E-state index contributed by atoms with van der Waals surface area (Å²) >= 11 is 8.58. The summed E-state index contributed by atoms with van der Waals surface area (Å²) in [4.78, 5) is 56.3. The largest absolute Gasteiger partial charge is 0.491 e. The van der Waals surface area contributed by atoms with Crippen LogP contribution in [0.5, 0.6) is 11.5 Å². The minimum Gasteiger partial charge on any atom is -0.491 e. The fraction of sp³-hybridized carbons (Fsp3) is 0.595. The smallest absolute Gasteiger partial charge is 0.259 e. The van der Waals surface area contributed by atoms with Crippen LogP contribution in [-0.4, -0.2) is 127 Å². The number of amides is 3. The molecule has 18 heteroatoms. The molecular weight excluding hydrogens is 830 g/mol. The second-order valence-electron chi connectivity index (χ2n) is 17.9. The summed E-state index contributed by atoms with van der Waals surface area (Å²) in [5.41, 5.74) is -0.0514. The van der Waals surface area contributed by atoms with Crippen LogP contribution in [0.1, 0.15) is 71.9 Å². The van der Waals surface area contributed by atoms with Gasteiger partial charge in [0.05, 0.1) is 41.8 Å². The van der Waals surface area contributed by atoms with Crippen molar-refractivity contribution >= 4 is 61.6 Å². The first-order valence-corrected chi connectivity index (χ1v) is 23.6. The van der Waals surface area contributed by atoms with E-state index in [4.69, 9.17) is 35.8 Å². The summed E-state index contributed by atoms with van der Waals surface area (Å²) in [5, 5.41) is 9.32. The third-order valence-electron chi connectivity index (χ3n) is 12.3. The molecule has 1 aromatic carbocycles. The molecule has 324 valence electrons. The van der Waals surface area contributed by atoms with Crippen LogP contribution in [0.25, 0.3) is 21.6 Å². The molecule has 5 aliphatic rings. The Hall–Kier alpha value is -3.87. The molecule has 8 rings (SSSR count). The van der Waals surface area contributed by atoms with Gasteiger partial charge in [0.1, 0.15) is 51.5 Å². The van der Waals surface area contributed by atoms with E-state index in [0.717, 1.165) is 18.8 Å². The molecule has 15 nitrogen and oxygen atoms in total. The number of carbonyl (C=O) groups excluding carboxylic acids is 3. The normalized spacial score (nSPS) is 27.1. The summed E-state index contributed by atoms with van der Waals surface area (Å²) in [6.45, 7) is 18.4. The molecule has 6 atom stereocenters. The molecule has 0 radical (unpaired) electrons. The number of nitrogens with one attached hydrogen (secondary N) is 3. The van der Waals surface area contributed by atoms with E-state index in [1.165, 1.54) is 11.3 Å². The second-order valence-corrected chi connectivity index (χ2v) is 21.1. The molecule has 5 heterocycles. The molecule has 60 heavy (non-hydrogen) atoms. The SMILES string of the molecule is C=C[C@@H]1C[C@]1(NC(=O)[C@@H]1C[C@@H](Oc2cc(-c3nc(C(C)C)cs3)nc3c(Cl)c(OCCN4CCOCC4)ccc23)[C@H]2CN[C@H](C(C)(C)C)C(=O)N21)C(=O)NS(=O)(=O)C1CC1. The number of ether oxygens (including phenoxy) is 3. The highest BCUT2D eigenvalue weighted by Crippen LogP contribution is 2.46.